The van der Waals surface area contributed by atoms with Crippen molar-refractivity contribution in [1.29, 1.82) is 0 Å². The fourth-order valence-electron chi connectivity index (χ4n) is 2.00. The fourth-order valence-corrected chi connectivity index (χ4v) is 2.00. The van der Waals surface area contributed by atoms with Gasteiger partial charge in [-0.2, -0.15) is 0 Å². The summed E-state index contributed by atoms with van der Waals surface area (Å²) in [5, 5.41) is 9.18. The summed E-state index contributed by atoms with van der Waals surface area (Å²) >= 11 is 0. The van der Waals surface area contributed by atoms with Crippen molar-refractivity contribution in [3.8, 4) is 0 Å². The number of unbranched alkanes of at least 4 members (excludes halogenated alkanes) is 9. The molecule has 0 bridgehead atoms. The van der Waals surface area contributed by atoms with Crippen LogP contribution >= 0.6 is 0 Å². The number of aliphatic hydroxyl groups is 1. The Morgan fingerprint density at radius 1 is 0.842 bits per heavy atom. The molecule has 1 nitrogen and oxygen atoms in total. The molecule has 0 atom stereocenters. The van der Waals surface area contributed by atoms with Crippen molar-refractivity contribution in [3.05, 3.63) is 36.1 Å². The van der Waals surface area contributed by atoms with Crippen molar-refractivity contribution >= 4 is 0 Å². The molecule has 0 aromatic heterocycles. The minimum atomic E-state index is 0.327. The molecule has 0 saturated carbocycles. The highest BCUT2D eigenvalue weighted by molar-refractivity contribution is 5.15. The molecule has 1 N–H and O–H groups in total. The van der Waals surface area contributed by atoms with Crippen molar-refractivity contribution in [3.63, 3.8) is 0 Å². The summed E-state index contributed by atoms with van der Waals surface area (Å²) in [6, 6.07) is 0. The lowest BCUT2D eigenvalue weighted by Crippen LogP contribution is -1.80. The Labute approximate surface area is 120 Å². The fraction of sp³-hybridized carbons (Fsp3) is 0.667. The molecule has 0 heterocycles. The molecule has 0 aliphatic rings. The first-order valence-electron chi connectivity index (χ1n) is 7.99. The zero-order chi connectivity index (χ0) is 14.2. The van der Waals surface area contributed by atoms with E-state index in [9.17, 15) is 5.11 Å². The van der Waals surface area contributed by atoms with E-state index in [1.54, 1.807) is 12.2 Å². The molecule has 0 aliphatic carbocycles. The van der Waals surface area contributed by atoms with Gasteiger partial charge in [0.15, 0.2) is 0 Å². The zero-order valence-electron chi connectivity index (χ0n) is 12.9. The Balaban J connectivity index is 3.22. The van der Waals surface area contributed by atoms with Gasteiger partial charge in [-0.3, -0.25) is 0 Å². The van der Waals surface area contributed by atoms with Gasteiger partial charge in [-0.25, -0.2) is 0 Å². The van der Waals surface area contributed by atoms with E-state index in [4.69, 9.17) is 0 Å². The first kappa shape index (κ1) is 18.0. The van der Waals surface area contributed by atoms with Gasteiger partial charge < -0.3 is 5.11 Å². The van der Waals surface area contributed by atoms with E-state index in [1.807, 2.05) is 19.1 Å². The third-order valence-electron chi connectivity index (χ3n) is 3.28. The molecule has 0 unspecified atom stereocenters. The van der Waals surface area contributed by atoms with Gasteiger partial charge in [0.2, 0.25) is 0 Å². The minimum absolute atomic E-state index is 0.327. The van der Waals surface area contributed by atoms with Crippen LogP contribution in [-0.2, 0) is 0 Å². The SMILES string of the molecule is C/C=C(O)/C=C/C=C/CCCCCCCCCCC. The quantitative estimate of drug-likeness (QED) is 0.243. The van der Waals surface area contributed by atoms with E-state index in [0.717, 1.165) is 6.42 Å². The largest absolute Gasteiger partial charge is 0.508 e. The topological polar surface area (TPSA) is 20.2 Å². The van der Waals surface area contributed by atoms with Crippen LogP contribution in [0.25, 0.3) is 0 Å². The first-order chi connectivity index (χ1) is 9.31. The lowest BCUT2D eigenvalue weighted by Gasteiger charge is -2.00. The Bertz CT molecular complexity index is 261. The molecule has 0 spiro atoms. The summed E-state index contributed by atoms with van der Waals surface area (Å²) in [4.78, 5) is 0. The lowest BCUT2D eigenvalue weighted by molar-refractivity contribution is 0.431. The standard InChI is InChI=1S/C18H32O/c1-3-5-6-7-8-9-10-11-12-13-14-15-16-17-18(19)4-2/h4,14-17,19H,3,5-13H2,1-2H3/b15-14+,17-16+,18-4-. The number of aliphatic hydroxyl groups excluding tert-OH is 1. The predicted molar refractivity (Wildman–Crippen MR) is 86.5 cm³/mol. The summed E-state index contributed by atoms with van der Waals surface area (Å²) in [5.74, 6) is 0.327. The third-order valence-corrected chi connectivity index (χ3v) is 3.28. The molecule has 0 aromatic carbocycles. The van der Waals surface area contributed by atoms with Crippen LogP contribution in [0, 0.1) is 0 Å². The summed E-state index contributed by atoms with van der Waals surface area (Å²) in [6.07, 6.45) is 23.1. The molecule has 19 heavy (non-hydrogen) atoms. The number of allylic oxidation sites excluding steroid dienone is 5. The van der Waals surface area contributed by atoms with Gasteiger partial charge in [0.05, 0.1) is 0 Å². The van der Waals surface area contributed by atoms with Crippen molar-refractivity contribution in [1.82, 2.24) is 0 Å². The van der Waals surface area contributed by atoms with Gasteiger partial charge in [-0.05, 0) is 31.9 Å². The Morgan fingerprint density at radius 3 is 2.00 bits per heavy atom. The molecule has 0 amide bonds. The van der Waals surface area contributed by atoms with E-state index in [-0.39, 0.29) is 0 Å². The maximum atomic E-state index is 9.18. The Hall–Kier alpha value is -0.980. The summed E-state index contributed by atoms with van der Waals surface area (Å²) in [6.45, 7) is 4.09. The van der Waals surface area contributed by atoms with Gasteiger partial charge in [0.25, 0.3) is 0 Å². The van der Waals surface area contributed by atoms with E-state index >= 15 is 0 Å². The average molecular weight is 264 g/mol. The van der Waals surface area contributed by atoms with Crippen LogP contribution < -0.4 is 0 Å². The Morgan fingerprint density at radius 2 is 1.42 bits per heavy atom. The van der Waals surface area contributed by atoms with Crippen LogP contribution in [0.3, 0.4) is 0 Å². The molecule has 0 saturated heterocycles. The maximum absolute atomic E-state index is 9.18. The minimum Gasteiger partial charge on any atom is -0.508 e. The number of rotatable bonds is 12. The smallest absolute Gasteiger partial charge is 0.111 e. The van der Waals surface area contributed by atoms with Gasteiger partial charge >= 0.3 is 0 Å². The molecular weight excluding hydrogens is 232 g/mol. The van der Waals surface area contributed by atoms with Gasteiger partial charge in [-0.1, -0.05) is 76.5 Å². The number of hydrogen-bond acceptors (Lipinski definition) is 1. The summed E-state index contributed by atoms with van der Waals surface area (Å²) < 4.78 is 0. The zero-order valence-corrected chi connectivity index (χ0v) is 12.9. The lowest BCUT2D eigenvalue weighted by atomic mass is 10.1. The molecule has 0 aromatic rings. The average Bonchev–Trinajstić information content (AvgIpc) is 2.43. The second-order valence-electron chi connectivity index (χ2n) is 5.12. The molecule has 110 valence electrons. The van der Waals surface area contributed by atoms with Gasteiger partial charge in [-0.15, -0.1) is 0 Å². The second kappa shape index (κ2) is 15.1. The first-order valence-corrected chi connectivity index (χ1v) is 7.99. The van der Waals surface area contributed by atoms with Crippen molar-refractivity contribution in [2.45, 2.75) is 78.1 Å². The van der Waals surface area contributed by atoms with E-state index in [2.05, 4.69) is 13.0 Å². The second-order valence-corrected chi connectivity index (χ2v) is 5.12. The van der Waals surface area contributed by atoms with Crippen molar-refractivity contribution in [2.75, 3.05) is 0 Å². The molecule has 0 aliphatic heterocycles. The molecule has 0 rings (SSSR count). The molecule has 1 heteroatoms. The molecule has 0 fully saturated rings. The van der Waals surface area contributed by atoms with Crippen LogP contribution in [0.15, 0.2) is 36.1 Å². The highest BCUT2D eigenvalue weighted by Crippen LogP contribution is 2.10. The van der Waals surface area contributed by atoms with Crippen molar-refractivity contribution in [2.24, 2.45) is 0 Å². The van der Waals surface area contributed by atoms with Crippen molar-refractivity contribution < 1.29 is 5.11 Å². The summed E-state index contributed by atoms with van der Waals surface area (Å²) in [7, 11) is 0. The van der Waals surface area contributed by atoms with E-state index in [0.29, 0.717) is 5.76 Å². The van der Waals surface area contributed by atoms with Crippen LogP contribution in [0.1, 0.15) is 78.1 Å². The third kappa shape index (κ3) is 15.0. The van der Waals surface area contributed by atoms with E-state index in [1.165, 1.54) is 57.8 Å². The Kier molecular flexibility index (Phi) is 14.3. The maximum Gasteiger partial charge on any atom is 0.111 e. The molecule has 0 radical (unpaired) electrons. The van der Waals surface area contributed by atoms with Crippen LogP contribution in [0.2, 0.25) is 0 Å². The monoisotopic (exact) mass is 264 g/mol. The molecular formula is C18H32O. The predicted octanol–water partition coefficient (Wildman–Crippen LogP) is 6.48. The van der Waals surface area contributed by atoms with Crippen LogP contribution in [0.4, 0.5) is 0 Å². The van der Waals surface area contributed by atoms with Crippen LogP contribution in [-0.4, -0.2) is 5.11 Å². The summed E-state index contributed by atoms with van der Waals surface area (Å²) in [5.41, 5.74) is 0. The van der Waals surface area contributed by atoms with Gasteiger partial charge in [0, 0.05) is 0 Å². The van der Waals surface area contributed by atoms with Crippen LogP contribution in [0.5, 0.6) is 0 Å². The highest BCUT2D eigenvalue weighted by Gasteiger charge is 1.90. The highest BCUT2D eigenvalue weighted by atomic mass is 16.3. The normalized spacial score (nSPS) is 12.8. The van der Waals surface area contributed by atoms with E-state index < -0.39 is 0 Å². The van der Waals surface area contributed by atoms with Gasteiger partial charge in [0.1, 0.15) is 5.76 Å². The number of hydrogen-bond donors (Lipinski definition) is 1.